The van der Waals surface area contributed by atoms with E-state index in [0.29, 0.717) is 5.82 Å². The average molecular weight is 196 g/mol. The van der Waals surface area contributed by atoms with Gasteiger partial charge < -0.3 is 15.8 Å². The first kappa shape index (κ1) is 10.8. The molecule has 0 saturated carbocycles. The highest BCUT2D eigenvalue weighted by atomic mass is 16.1. The van der Waals surface area contributed by atoms with Gasteiger partial charge in [-0.2, -0.15) is 0 Å². The van der Waals surface area contributed by atoms with Crippen LogP contribution in [0.25, 0.3) is 0 Å². The molecule has 0 bridgehead atoms. The fourth-order valence-electron chi connectivity index (χ4n) is 1.91. The summed E-state index contributed by atoms with van der Waals surface area (Å²) in [4.78, 5) is 11.2. The van der Waals surface area contributed by atoms with Gasteiger partial charge in [0, 0.05) is 24.4 Å². The summed E-state index contributed by atoms with van der Waals surface area (Å²) < 4.78 is 2.06. The Kier molecular flexibility index (Phi) is 3.30. The van der Waals surface area contributed by atoms with Crippen molar-refractivity contribution in [3.63, 3.8) is 0 Å². The van der Waals surface area contributed by atoms with Crippen molar-refractivity contribution >= 4 is 5.82 Å². The summed E-state index contributed by atoms with van der Waals surface area (Å²) in [5.41, 5.74) is 6.91. The molecule has 0 radical (unpaired) electrons. The summed E-state index contributed by atoms with van der Waals surface area (Å²) >= 11 is 0. The minimum absolute atomic E-state index is 0. The van der Waals surface area contributed by atoms with Crippen molar-refractivity contribution in [2.45, 2.75) is 32.2 Å². The van der Waals surface area contributed by atoms with Crippen LogP contribution in [0.15, 0.2) is 16.9 Å². The normalized spacial score (nSPS) is 15.1. The summed E-state index contributed by atoms with van der Waals surface area (Å²) in [7, 11) is 0. The molecule has 0 aromatic carbocycles. The molecule has 0 amide bonds. The number of rotatable bonds is 0. The lowest BCUT2D eigenvalue weighted by atomic mass is 10.2. The Balaban J connectivity index is 0.000000980. The van der Waals surface area contributed by atoms with Gasteiger partial charge in [0.2, 0.25) is 0 Å². The molecule has 2 heterocycles. The molecule has 0 spiro atoms. The van der Waals surface area contributed by atoms with Crippen LogP contribution in [0.5, 0.6) is 0 Å². The van der Waals surface area contributed by atoms with Gasteiger partial charge >= 0.3 is 0 Å². The quantitative estimate of drug-likeness (QED) is 0.649. The second-order valence-electron chi connectivity index (χ2n) is 3.57. The van der Waals surface area contributed by atoms with Crippen LogP contribution < -0.4 is 11.2 Å². The number of aryl methyl sites for hydroxylation is 1. The highest BCUT2D eigenvalue weighted by molar-refractivity contribution is 5.32. The number of hydrogen-bond acceptors (Lipinski definition) is 2. The Morgan fingerprint density at radius 3 is 2.79 bits per heavy atom. The van der Waals surface area contributed by atoms with E-state index in [1.807, 2.05) is 0 Å². The van der Waals surface area contributed by atoms with Gasteiger partial charge in [-0.1, -0.05) is 6.42 Å². The monoisotopic (exact) mass is 196 g/mol. The van der Waals surface area contributed by atoms with Gasteiger partial charge in [0.05, 0.1) is 0 Å². The summed E-state index contributed by atoms with van der Waals surface area (Å²) in [6, 6.07) is 3.22. The van der Waals surface area contributed by atoms with Crippen molar-refractivity contribution in [3.8, 4) is 0 Å². The molecular formula is C10H16N2O2. The predicted molar refractivity (Wildman–Crippen MR) is 56.3 cm³/mol. The Morgan fingerprint density at radius 2 is 2.00 bits per heavy atom. The van der Waals surface area contributed by atoms with Crippen LogP contribution in [0.1, 0.15) is 25.0 Å². The van der Waals surface area contributed by atoms with E-state index in [9.17, 15) is 4.79 Å². The fourth-order valence-corrected chi connectivity index (χ4v) is 1.91. The van der Waals surface area contributed by atoms with Crippen LogP contribution in [0.2, 0.25) is 0 Å². The highest BCUT2D eigenvalue weighted by Gasteiger charge is 2.08. The predicted octanol–water partition coefficient (Wildman–Crippen LogP) is 0.332. The molecule has 14 heavy (non-hydrogen) atoms. The number of pyridine rings is 1. The van der Waals surface area contributed by atoms with Gasteiger partial charge in [0.1, 0.15) is 5.82 Å². The van der Waals surface area contributed by atoms with Gasteiger partial charge in [-0.25, -0.2) is 0 Å². The standard InChI is InChI=1S/C10H14N2O.H2O/c11-10-7-9(13)6-8-4-2-1-3-5-12(8)10;/h6-7H,1-5,11H2;1H2. The maximum Gasteiger partial charge on any atom is 0.183 e. The third-order valence-electron chi connectivity index (χ3n) is 2.57. The van der Waals surface area contributed by atoms with E-state index in [-0.39, 0.29) is 10.9 Å². The van der Waals surface area contributed by atoms with E-state index in [1.54, 1.807) is 6.07 Å². The Labute approximate surface area is 82.7 Å². The van der Waals surface area contributed by atoms with Crippen LogP contribution in [0.4, 0.5) is 5.82 Å². The molecule has 4 nitrogen and oxygen atoms in total. The van der Waals surface area contributed by atoms with E-state index in [2.05, 4.69) is 4.57 Å². The van der Waals surface area contributed by atoms with Crippen molar-refractivity contribution in [3.05, 3.63) is 28.0 Å². The number of hydrogen-bond donors (Lipinski definition) is 1. The van der Waals surface area contributed by atoms with Gasteiger partial charge in [-0.3, -0.25) is 4.79 Å². The molecule has 78 valence electrons. The molecule has 0 aliphatic carbocycles. The van der Waals surface area contributed by atoms with E-state index in [1.165, 1.54) is 25.3 Å². The molecule has 1 aromatic rings. The number of anilines is 1. The zero-order valence-electron chi connectivity index (χ0n) is 8.12. The molecule has 4 heteroatoms. The topological polar surface area (TPSA) is 79.5 Å². The molecule has 0 saturated heterocycles. The minimum atomic E-state index is 0. The zero-order valence-corrected chi connectivity index (χ0v) is 8.12. The molecule has 2 rings (SSSR count). The van der Waals surface area contributed by atoms with Gasteiger partial charge in [0.25, 0.3) is 0 Å². The van der Waals surface area contributed by atoms with Crippen molar-refractivity contribution in [1.82, 2.24) is 4.57 Å². The summed E-state index contributed by atoms with van der Waals surface area (Å²) in [6.45, 7) is 0.960. The summed E-state index contributed by atoms with van der Waals surface area (Å²) in [6.07, 6.45) is 4.55. The van der Waals surface area contributed by atoms with Crippen molar-refractivity contribution in [1.29, 1.82) is 0 Å². The lowest BCUT2D eigenvalue weighted by Crippen LogP contribution is -2.15. The number of fused-ring (bicyclic) bond motifs is 1. The van der Waals surface area contributed by atoms with Gasteiger partial charge in [0.15, 0.2) is 5.43 Å². The van der Waals surface area contributed by atoms with Gasteiger partial charge in [-0.15, -0.1) is 0 Å². The Bertz CT molecular complexity index is 371. The van der Waals surface area contributed by atoms with Crippen LogP contribution in [-0.4, -0.2) is 10.0 Å². The first-order valence-corrected chi connectivity index (χ1v) is 4.76. The molecule has 1 aliphatic heterocycles. The second kappa shape index (κ2) is 4.28. The van der Waals surface area contributed by atoms with Crippen LogP contribution in [0, 0.1) is 0 Å². The Morgan fingerprint density at radius 1 is 1.21 bits per heavy atom. The van der Waals surface area contributed by atoms with E-state index in [0.717, 1.165) is 18.7 Å². The largest absolute Gasteiger partial charge is 0.412 e. The first-order valence-electron chi connectivity index (χ1n) is 4.76. The van der Waals surface area contributed by atoms with Crippen LogP contribution >= 0.6 is 0 Å². The van der Waals surface area contributed by atoms with Crippen molar-refractivity contribution in [2.75, 3.05) is 5.73 Å². The number of nitrogens with two attached hydrogens (primary N) is 1. The van der Waals surface area contributed by atoms with Crippen LogP contribution in [-0.2, 0) is 13.0 Å². The number of nitrogens with zero attached hydrogens (tertiary/aromatic N) is 1. The minimum Gasteiger partial charge on any atom is -0.412 e. The van der Waals surface area contributed by atoms with Gasteiger partial charge in [-0.05, 0) is 19.3 Å². The van der Waals surface area contributed by atoms with Crippen molar-refractivity contribution < 1.29 is 5.48 Å². The fraction of sp³-hybridized carbons (Fsp3) is 0.500. The molecule has 4 N–H and O–H groups in total. The highest BCUT2D eigenvalue weighted by Crippen LogP contribution is 2.15. The molecule has 1 aromatic heterocycles. The molecule has 0 fully saturated rings. The molecule has 0 atom stereocenters. The molecule has 1 aliphatic rings. The molecular weight excluding hydrogens is 180 g/mol. The SMILES string of the molecule is Nc1cc(=O)cc2n1CCCCC2.O. The lowest BCUT2D eigenvalue weighted by Gasteiger charge is -2.12. The van der Waals surface area contributed by atoms with E-state index >= 15 is 0 Å². The average Bonchev–Trinajstić information content (AvgIpc) is 2.28. The third-order valence-corrected chi connectivity index (χ3v) is 2.57. The first-order chi connectivity index (χ1) is 6.27. The van der Waals surface area contributed by atoms with Crippen LogP contribution in [0.3, 0.4) is 0 Å². The maximum atomic E-state index is 11.2. The Hall–Kier alpha value is -1.29. The van der Waals surface area contributed by atoms with Crippen molar-refractivity contribution in [2.24, 2.45) is 0 Å². The van der Waals surface area contributed by atoms with E-state index in [4.69, 9.17) is 5.73 Å². The third kappa shape index (κ3) is 1.96. The zero-order chi connectivity index (χ0) is 9.26. The molecule has 0 unspecified atom stereocenters. The number of aromatic nitrogens is 1. The second-order valence-corrected chi connectivity index (χ2v) is 3.57. The smallest absolute Gasteiger partial charge is 0.183 e. The number of nitrogen functional groups attached to an aromatic ring is 1. The van der Waals surface area contributed by atoms with E-state index < -0.39 is 0 Å². The summed E-state index contributed by atoms with van der Waals surface area (Å²) in [5.74, 6) is 0.615. The summed E-state index contributed by atoms with van der Waals surface area (Å²) in [5, 5.41) is 0. The maximum absolute atomic E-state index is 11.2. The lowest BCUT2D eigenvalue weighted by molar-refractivity contribution is 0.637.